The molecule has 2 rings (SSSR count). The molecule has 1 heterocycles. The molecule has 0 saturated carbocycles. The fourth-order valence-electron chi connectivity index (χ4n) is 1.51. The van der Waals surface area contributed by atoms with Gasteiger partial charge in [-0.2, -0.15) is 0 Å². The Morgan fingerprint density at radius 3 is 2.42 bits per heavy atom. The van der Waals surface area contributed by atoms with Gasteiger partial charge in [-0.3, -0.25) is 4.79 Å². The highest BCUT2D eigenvalue weighted by Crippen LogP contribution is 2.21. The van der Waals surface area contributed by atoms with Crippen LogP contribution in [0.3, 0.4) is 0 Å². The Balaban J connectivity index is 2.10. The van der Waals surface area contributed by atoms with E-state index in [0.29, 0.717) is 17.2 Å². The summed E-state index contributed by atoms with van der Waals surface area (Å²) in [6.45, 7) is 1.67. The highest BCUT2D eigenvalue weighted by atomic mass is 16.5. The second-order valence-electron chi connectivity index (χ2n) is 4.10. The fraction of sp³-hybridized carbons (Fsp3) is 0.143. The quantitative estimate of drug-likeness (QED) is 0.878. The average molecular weight is 258 g/mol. The Morgan fingerprint density at radius 2 is 1.95 bits per heavy atom. The van der Waals surface area contributed by atoms with Crippen LogP contribution >= 0.6 is 0 Å². The van der Waals surface area contributed by atoms with E-state index in [0.717, 1.165) is 5.56 Å². The van der Waals surface area contributed by atoms with Gasteiger partial charge in [-0.25, -0.2) is 4.98 Å². The van der Waals surface area contributed by atoms with Crippen LogP contribution in [0.25, 0.3) is 0 Å². The number of nitrogens with zero attached hydrogens (tertiary/aromatic N) is 1. The van der Waals surface area contributed by atoms with Crippen LogP contribution < -0.4 is 10.5 Å². The Kier molecular flexibility index (Phi) is 3.77. The maximum atomic E-state index is 10.9. The van der Waals surface area contributed by atoms with Crippen molar-refractivity contribution in [1.29, 1.82) is 0 Å². The second-order valence-corrected chi connectivity index (χ2v) is 4.10. The number of aromatic nitrogens is 1. The zero-order valence-corrected chi connectivity index (χ0v) is 10.4. The average Bonchev–Trinajstić information content (AvgIpc) is 2.40. The maximum Gasteiger partial charge on any atom is 0.248 e. The van der Waals surface area contributed by atoms with Crippen LogP contribution in [0.5, 0.6) is 11.6 Å². The van der Waals surface area contributed by atoms with Gasteiger partial charge in [0.15, 0.2) is 0 Å². The second kappa shape index (κ2) is 5.49. The van der Waals surface area contributed by atoms with E-state index < -0.39 is 12.0 Å². The molecule has 0 aliphatic rings. The lowest BCUT2D eigenvalue weighted by Gasteiger charge is -2.07. The molecule has 3 N–H and O–H groups in total. The van der Waals surface area contributed by atoms with Crippen LogP contribution in [0.2, 0.25) is 0 Å². The number of benzene rings is 1. The van der Waals surface area contributed by atoms with Gasteiger partial charge in [0.25, 0.3) is 0 Å². The van der Waals surface area contributed by atoms with Gasteiger partial charge in [-0.15, -0.1) is 0 Å². The number of primary amides is 1. The van der Waals surface area contributed by atoms with Gasteiger partial charge in [0.2, 0.25) is 11.8 Å². The molecule has 0 fully saturated rings. The summed E-state index contributed by atoms with van der Waals surface area (Å²) >= 11 is 0. The van der Waals surface area contributed by atoms with Crippen LogP contribution in [-0.2, 0) is 0 Å². The SMILES string of the molecule is CC(O)c1ccc(Oc2ccc(C(N)=O)cc2)nc1. The number of aliphatic hydroxyl groups is 1. The van der Waals surface area contributed by atoms with Gasteiger partial charge in [0, 0.05) is 17.8 Å². The van der Waals surface area contributed by atoms with E-state index in [4.69, 9.17) is 10.5 Å². The summed E-state index contributed by atoms with van der Waals surface area (Å²) in [4.78, 5) is 15.0. The topological polar surface area (TPSA) is 85.4 Å². The molecule has 19 heavy (non-hydrogen) atoms. The lowest BCUT2D eigenvalue weighted by Crippen LogP contribution is -2.10. The third-order valence-corrected chi connectivity index (χ3v) is 2.60. The number of rotatable bonds is 4. The molecule has 1 unspecified atom stereocenters. The van der Waals surface area contributed by atoms with Crippen molar-refractivity contribution in [2.24, 2.45) is 5.73 Å². The molecule has 0 aliphatic carbocycles. The van der Waals surface area contributed by atoms with E-state index in [-0.39, 0.29) is 0 Å². The predicted octanol–water partition coefficient (Wildman–Crippen LogP) is 2.03. The summed E-state index contributed by atoms with van der Waals surface area (Å²) in [5.41, 5.74) is 6.29. The molecule has 0 saturated heterocycles. The summed E-state index contributed by atoms with van der Waals surface area (Å²) < 4.78 is 5.50. The van der Waals surface area contributed by atoms with Crippen molar-refractivity contribution in [3.05, 3.63) is 53.7 Å². The van der Waals surface area contributed by atoms with E-state index >= 15 is 0 Å². The summed E-state index contributed by atoms with van der Waals surface area (Å²) in [6, 6.07) is 9.87. The number of amides is 1. The Bertz CT molecular complexity index is 562. The molecule has 2 aromatic rings. The van der Waals surface area contributed by atoms with Crippen molar-refractivity contribution in [3.63, 3.8) is 0 Å². The van der Waals surface area contributed by atoms with Crippen molar-refractivity contribution in [2.45, 2.75) is 13.0 Å². The Hall–Kier alpha value is -2.40. The first-order chi connectivity index (χ1) is 9.06. The van der Waals surface area contributed by atoms with Gasteiger partial charge in [0.05, 0.1) is 6.10 Å². The summed E-state index contributed by atoms with van der Waals surface area (Å²) in [7, 11) is 0. The lowest BCUT2D eigenvalue weighted by atomic mass is 10.2. The number of nitrogens with two attached hydrogens (primary N) is 1. The highest BCUT2D eigenvalue weighted by Gasteiger charge is 2.04. The zero-order valence-electron chi connectivity index (χ0n) is 10.4. The number of ether oxygens (including phenoxy) is 1. The molecule has 1 aromatic heterocycles. The first-order valence-corrected chi connectivity index (χ1v) is 5.78. The Labute approximate surface area is 110 Å². The minimum atomic E-state index is -0.559. The van der Waals surface area contributed by atoms with Gasteiger partial charge < -0.3 is 15.6 Å². The van der Waals surface area contributed by atoms with Gasteiger partial charge in [-0.05, 0) is 42.8 Å². The molecule has 0 spiro atoms. The fourth-order valence-corrected chi connectivity index (χ4v) is 1.51. The monoisotopic (exact) mass is 258 g/mol. The van der Waals surface area contributed by atoms with Crippen molar-refractivity contribution >= 4 is 5.91 Å². The normalized spacial score (nSPS) is 11.9. The number of carbonyl (C=O) groups excluding carboxylic acids is 1. The van der Waals surface area contributed by atoms with Gasteiger partial charge in [0.1, 0.15) is 5.75 Å². The van der Waals surface area contributed by atoms with E-state index in [1.165, 1.54) is 0 Å². The number of hydrogen-bond acceptors (Lipinski definition) is 4. The van der Waals surface area contributed by atoms with Crippen LogP contribution in [0, 0.1) is 0 Å². The number of aliphatic hydroxyl groups excluding tert-OH is 1. The molecular weight excluding hydrogens is 244 g/mol. The number of carbonyl (C=O) groups is 1. The molecule has 5 nitrogen and oxygen atoms in total. The summed E-state index contributed by atoms with van der Waals surface area (Å²) in [5, 5.41) is 9.36. The first-order valence-electron chi connectivity index (χ1n) is 5.78. The van der Waals surface area contributed by atoms with Crippen LogP contribution in [0.4, 0.5) is 0 Å². The molecular formula is C14H14N2O3. The van der Waals surface area contributed by atoms with Crippen LogP contribution in [0.15, 0.2) is 42.6 Å². The van der Waals surface area contributed by atoms with Crippen molar-refractivity contribution in [1.82, 2.24) is 4.98 Å². The lowest BCUT2D eigenvalue weighted by molar-refractivity contribution is 0.100. The minimum Gasteiger partial charge on any atom is -0.439 e. The van der Waals surface area contributed by atoms with E-state index in [1.807, 2.05) is 0 Å². The van der Waals surface area contributed by atoms with Gasteiger partial charge in [-0.1, -0.05) is 0 Å². The molecule has 98 valence electrons. The molecule has 5 heteroatoms. The van der Waals surface area contributed by atoms with Crippen molar-refractivity contribution < 1.29 is 14.6 Å². The molecule has 1 atom stereocenters. The first kappa shape index (κ1) is 13.0. The number of pyridine rings is 1. The van der Waals surface area contributed by atoms with Crippen molar-refractivity contribution in [2.75, 3.05) is 0 Å². The highest BCUT2D eigenvalue weighted by molar-refractivity contribution is 5.92. The third kappa shape index (κ3) is 3.29. The predicted molar refractivity (Wildman–Crippen MR) is 69.9 cm³/mol. The van der Waals surface area contributed by atoms with Crippen LogP contribution in [-0.4, -0.2) is 16.0 Å². The molecule has 0 radical (unpaired) electrons. The molecule has 0 bridgehead atoms. The van der Waals surface area contributed by atoms with Gasteiger partial charge >= 0.3 is 0 Å². The van der Waals surface area contributed by atoms with E-state index in [9.17, 15) is 9.90 Å². The largest absolute Gasteiger partial charge is 0.439 e. The minimum absolute atomic E-state index is 0.413. The third-order valence-electron chi connectivity index (χ3n) is 2.60. The van der Waals surface area contributed by atoms with E-state index in [1.54, 1.807) is 49.5 Å². The van der Waals surface area contributed by atoms with Crippen LogP contribution in [0.1, 0.15) is 28.9 Å². The number of hydrogen-bond donors (Lipinski definition) is 2. The maximum absolute atomic E-state index is 10.9. The summed E-state index contributed by atoms with van der Waals surface area (Å²) in [6.07, 6.45) is 0.994. The summed E-state index contributed by atoms with van der Waals surface area (Å²) in [5.74, 6) is 0.490. The Morgan fingerprint density at radius 1 is 1.26 bits per heavy atom. The molecule has 1 aromatic carbocycles. The molecule has 1 amide bonds. The van der Waals surface area contributed by atoms with E-state index in [2.05, 4.69) is 4.98 Å². The zero-order chi connectivity index (χ0) is 13.8. The van der Waals surface area contributed by atoms with Crippen molar-refractivity contribution in [3.8, 4) is 11.6 Å². The molecule has 0 aliphatic heterocycles. The standard InChI is InChI=1S/C14H14N2O3/c1-9(17)11-4-7-13(16-8-11)19-12-5-2-10(3-6-12)14(15)18/h2-9,17H,1H3,(H2,15,18). The smallest absolute Gasteiger partial charge is 0.248 e.